The minimum absolute atomic E-state index is 0.0226. The quantitative estimate of drug-likeness (QED) is 0.762. The number of rotatable bonds is 5. The summed E-state index contributed by atoms with van der Waals surface area (Å²) in [5, 5.41) is 5.31. The van der Waals surface area contributed by atoms with E-state index in [-0.39, 0.29) is 36.8 Å². The van der Waals surface area contributed by atoms with Crippen molar-refractivity contribution in [2.45, 2.75) is 19.4 Å². The Balaban J connectivity index is 1.66. The van der Waals surface area contributed by atoms with E-state index in [1.165, 1.54) is 24.3 Å². The van der Waals surface area contributed by atoms with Crippen LogP contribution in [0.15, 0.2) is 52.0 Å². The van der Waals surface area contributed by atoms with E-state index >= 15 is 0 Å². The van der Waals surface area contributed by atoms with E-state index in [9.17, 15) is 14.4 Å². The fourth-order valence-corrected chi connectivity index (χ4v) is 2.36. The van der Waals surface area contributed by atoms with Crippen LogP contribution in [0.5, 0.6) is 0 Å². The third kappa shape index (κ3) is 3.80. The van der Waals surface area contributed by atoms with Gasteiger partial charge in [0.2, 0.25) is 11.7 Å². The molecule has 2 aromatic rings. The van der Waals surface area contributed by atoms with Crippen molar-refractivity contribution < 1.29 is 28.3 Å². The molecule has 0 unspecified atom stereocenters. The summed E-state index contributed by atoms with van der Waals surface area (Å²) in [5.41, 5.74) is 0.726. The second-order valence-corrected chi connectivity index (χ2v) is 5.42. The number of hydrogen-bond acceptors (Lipinski definition) is 7. The number of hydrogen-bond donors (Lipinski definition) is 0. The molecule has 0 saturated heterocycles. The van der Waals surface area contributed by atoms with E-state index in [2.05, 4.69) is 9.84 Å². The van der Waals surface area contributed by atoms with Crippen molar-refractivity contribution in [3.63, 3.8) is 0 Å². The van der Waals surface area contributed by atoms with Crippen LogP contribution < -0.4 is 5.01 Å². The normalized spacial score (nSPS) is 14.0. The number of anilines is 1. The van der Waals surface area contributed by atoms with E-state index in [1.807, 2.05) is 6.07 Å². The highest BCUT2D eigenvalue weighted by Gasteiger charge is 2.26. The van der Waals surface area contributed by atoms with Crippen LogP contribution in [0.4, 0.5) is 5.69 Å². The summed E-state index contributed by atoms with van der Waals surface area (Å²) < 4.78 is 14.9. The minimum atomic E-state index is -0.644. The molecule has 2 heterocycles. The Hall–Kier alpha value is -3.42. The highest BCUT2D eigenvalue weighted by atomic mass is 16.6. The standard InChI is InChI=1S/C18H16N2O6/c1-24-18(23)15-9-7-13(26-15)11-25-17(22)14-8-10-16(21)20(19-14)12-5-3-2-4-6-12/h2-7,9H,8,10-11H2,1H3. The molecule has 0 radical (unpaired) electrons. The summed E-state index contributed by atoms with van der Waals surface area (Å²) in [7, 11) is 1.24. The minimum Gasteiger partial charge on any atom is -0.463 e. The number of hydrazone groups is 1. The molecule has 0 atom stereocenters. The summed E-state index contributed by atoms with van der Waals surface area (Å²) in [6, 6.07) is 11.8. The maximum absolute atomic E-state index is 12.2. The first-order valence-corrected chi connectivity index (χ1v) is 7.88. The number of ether oxygens (including phenoxy) is 2. The van der Waals surface area contributed by atoms with Gasteiger partial charge in [-0.15, -0.1) is 0 Å². The number of amides is 1. The largest absolute Gasteiger partial charge is 0.463 e. The Morgan fingerprint density at radius 3 is 2.62 bits per heavy atom. The molecule has 3 rings (SSSR count). The lowest BCUT2D eigenvalue weighted by molar-refractivity contribution is -0.137. The molecule has 0 fully saturated rings. The van der Waals surface area contributed by atoms with Crippen LogP contribution in [0, 0.1) is 0 Å². The number of methoxy groups -OCH3 is 1. The second-order valence-electron chi connectivity index (χ2n) is 5.42. The summed E-state index contributed by atoms with van der Waals surface area (Å²) in [6.45, 7) is -0.159. The molecule has 26 heavy (non-hydrogen) atoms. The molecule has 8 heteroatoms. The summed E-state index contributed by atoms with van der Waals surface area (Å²) in [5.74, 6) is -1.13. The van der Waals surface area contributed by atoms with Crippen LogP contribution in [0.25, 0.3) is 0 Å². The molecule has 0 spiro atoms. The van der Waals surface area contributed by atoms with Gasteiger partial charge in [0.25, 0.3) is 0 Å². The molecule has 1 aromatic heterocycles. The van der Waals surface area contributed by atoms with E-state index in [1.54, 1.807) is 24.3 Å². The Kier molecular flexibility index (Phi) is 5.12. The van der Waals surface area contributed by atoms with E-state index in [0.717, 1.165) is 0 Å². The van der Waals surface area contributed by atoms with Crippen LogP contribution in [-0.4, -0.2) is 30.7 Å². The van der Waals surface area contributed by atoms with Gasteiger partial charge in [-0.25, -0.2) is 14.6 Å². The van der Waals surface area contributed by atoms with Crippen LogP contribution in [-0.2, 0) is 25.7 Å². The summed E-state index contributed by atoms with van der Waals surface area (Å²) in [6.07, 6.45) is 0.364. The first-order chi connectivity index (χ1) is 12.6. The summed E-state index contributed by atoms with van der Waals surface area (Å²) in [4.78, 5) is 35.6. The lowest BCUT2D eigenvalue weighted by atomic mass is 10.1. The topological polar surface area (TPSA) is 98.4 Å². The smallest absolute Gasteiger partial charge is 0.373 e. The lowest BCUT2D eigenvalue weighted by Gasteiger charge is -2.22. The fourth-order valence-electron chi connectivity index (χ4n) is 2.36. The van der Waals surface area contributed by atoms with Gasteiger partial charge in [-0.2, -0.15) is 5.10 Å². The van der Waals surface area contributed by atoms with Crippen LogP contribution in [0.1, 0.15) is 29.2 Å². The second kappa shape index (κ2) is 7.64. The first kappa shape index (κ1) is 17.4. The van der Waals surface area contributed by atoms with Gasteiger partial charge in [-0.1, -0.05) is 18.2 Å². The number of benzene rings is 1. The zero-order valence-electron chi connectivity index (χ0n) is 14.0. The van der Waals surface area contributed by atoms with Gasteiger partial charge in [-0.3, -0.25) is 4.79 Å². The average Bonchev–Trinajstić information content (AvgIpc) is 3.15. The van der Waals surface area contributed by atoms with Crippen molar-refractivity contribution in [3.05, 3.63) is 54.0 Å². The predicted molar refractivity (Wildman–Crippen MR) is 90.4 cm³/mol. The van der Waals surface area contributed by atoms with Crippen molar-refractivity contribution in [2.75, 3.05) is 12.1 Å². The molecule has 1 aliphatic rings. The van der Waals surface area contributed by atoms with Gasteiger partial charge in [0.15, 0.2) is 0 Å². The lowest BCUT2D eigenvalue weighted by Crippen LogP contribution is -2.34. The van der Waals surface area contributed by atoms with Gasteiger partial charge in [-0.05, 0) is 24.3 Å². The van der Waals surface area contributed by atoms with Gasteiger partial charge < -0.3 is 13.9 Å². The molecule has 1 aromatic carbocycles. The van der Waals surface area contributed by atoms with Gasteiger partial charge >= 0.3 is 11.9 Å². The molecule has 1 aliphatic heterocycles. The van der Waals surface area contributed by atoms with Crippen molar-refractivity contribution in [3.8, 4) is 0 Å². The van der Waals surface area contributed by atoms with Gasteiger partial charge in [0.05, 0.1) is 12.8 Å². The third-order valence-electron chi connectivity index (χ3n) is 3.66. The molecule has 0 saturated carbocycles. The zero-order valence-corrected chi connectivity index (χ0v) is 14.0. The van der Waals surface area contributed by atoms with Crippen LogP contribution in [0.2, 0.25) is 0 Å². The molecule has 0 aliphatic carbocycles. The van der Waals surface area contributed by atoms with Crippen LogP contribution in [0.3, 0.4) is 0 Å². The highest BCUT2D eigenvalue weighted by molar-refractivity contribution is 6.37. The van der Waals surface area contributed by atoms with Gasteiger partial charge in [0.1, 0.15) is 18.1 Å². The SMILES string of the molecule is COC(=O)c1ccc(COC(=O)C2=NN(c3ccccc3)C(=O)CC2)o1. The predicted octanol–water partition coefficient (Wildman–Crippen LogP) is 2.29. The molecular weight excluding hydrogens is 340 g/mol. The number of carbonyl (C=O) groups excluding carboxylic acids is 3. The average molecular weight is 356 g/mol. The van der Waals surface area contributed by atoms with Crippen molar-refractivity contribution in [1.29, 1.82) is 0 Å². The maximum atomic E-state index is 12.2. The Bertz CT molecular complexity index is 856. The van der Waals surface area contributed by atoms with E-state index in [4.69, 9.17) is 9.15 Å². The third-order valence-corrected chi connectivity index (χ3v) is 3.66. The number of furan rings is 1. The fraction of sp³-hybridized carbons (Fsp3) is 0.222. The van der Waals surface area contributed by atoms with Crippen molar-refractivity contribution >= 4 is 29.2 Å². The molecule has 0 N–H and O–H groups in total. The molecule has 1 amide bonds. The Morgan fingerprint density at radius 2 is 1.88 bits per heavy atom. The zero-order chi connectivity index (χ0) is 18.5. The Labute approximate surface area is 149 Å². The van der Waals surface area contributed by atoms with Crippen molar-refractivity contribution in [1.82, 2.24) is 0 Å². The molecule has 0 bridgehead atoms. The molecular formula is C18H16N2O6. The van der Waals surface area contributed by atoms with Gasteiger partial charge in [0, 0.05) is 12.8 Å². The maximum Gasteiger partial charge on any atom is 0.373 e. The number of esters is 2. The molecule has 134 valence electrons. The number of para-hydroxylation sites is 1. The van der Waals surface area contributed by atoms with Crippen LogP contribution >= 0.6 is 0 Å². The summed E-state index contributed by atoms with van der Waals surface area (Å²) >= 11 is 0. The molecule has 8 nitrogen and oxygen atoms in total. The monoisotopic (exact) mass is 356 g/mol. The van der Waals surface area contributed by atoms with E-state index < -0.39 is 11.9 Å². The number of carbonyl (C=O) groups is 3. The first-order valence-electron chi connectivity index (χ1n) is 7.88. The highest BCUT2D eigenvalue weighted by Crippen LogP contribution is 2.20. The Morgan fingerprint density at radius 1 is 1.12 bits per heavy atom. The number of nitrogens with zero attached hydrogens (tertiary/aromatic N) is 2. The van der Waals surface area contributed by atoms with E-state index in [0.29, 0.717) is 11.4 Å². The van der Waals surface area contributed by atoms with Crippen molar-refractivity contribution in [2.24, 2.45) is 5.10 Å².